The van der Waals surface area contributed by atoms with Gasteiger partial charge in [-0.25, -0.2) is 14.8 Å². The zero-order chi connectivity index (χ0) is 22.6. The molecule has 0 saturated carbocycles. The third-order valence-corrected chi connectivity index (χ3v) is 5.70. The zero-order valence-corrected chi connectivity index (χ0v) is 18.1. The number of ether oxygens (including phenoxy) is 1. The lowest BCUT2D eigenvalue weighted by atomic mass is 10.1. The van der Waals surface area contributed by atoms with Crippen LogP contribution in [-0.4, -0.2) is 33.4 Å². The molecule has 2 heterocycles. The fourth-order valence-corrected chi connectivity index (χ4v) is 4.12. The molecule has 0 aliphatic heterocycles. The standard InChI is InChI=1S/C25H18N4O3S/c30-22(29-25-28-21(15-33-25)16-8-2-1-3-9-16)14-32-24(31)18-11-5-4-10-17(18)23-26-19-12-6-7-13-20(19)27-23/h1-13,15H,14H2,(H,26,27)(H,28,29,30). The number of benzene rings is 3. The lowest BCUT2D eigenvalue weighted by Crippen LogP contribution is -2.21. The normalized spacial score (nSPS) is 10.8. The molecule has 0 spiro atoms. The zero-order valence-electron chi connectivity index (χ0n) is 17.3. The number of anilines is 1. The van der Waals surface area contributed by atoms with Gasteiger partial charge in [-0.15, -0.1) is 11.3 Å². The summed E-state index contributed by atoms with van der Waals surface area (Å²) in [6.45, 7) is -0.423. The maximum Gasteiger partial charge on any atom is 0.339 e. The number of fused-ring (bicyclic) bond motifs is 1. The van der Waals surface area contributed by atoms with E-state index in [2.05, 4.69) is 20.3 Å². The third-order valence-electron chi connectivity index (χ3n) is 4.95. The Balaban J connectivity index is 1.25. The first kappa shape index (κ1) is 20.6. The van der Waals surface area contributed by atoms with Crippen molar-refractivity contribution >= 4 is 39.4 Å². The number of rotatable bonds is 6. The van der Waals surface area contributed by atoms with E-state index in [-0.39, 0.29) is 0 Å². The SMILES string of the molecule is O=C(COC(=O)c1ccccc1-c1nc2ccccc2[nH]1)Nc1nc(-c2ccccc2)cs1. The van der Waals surface area contributed by atoms with E-state index in [1.165, 1.54) is 11.3 Å². The average Bonchev–Trinajstić information content (AvgIpc) is 3.50. The molecular formula is C25H18N4O3S. The third kappa shape index (κ3) is 4.51. The second-order valence-corrected chi connectivity index (χ2v) is 8.03. The number of hydrogen-bond acceptors (Lipinski definition) is 6. The van der Waals surface area contributed by atoms with Crippen molar-refractivity contribution in [3.63, 3.8) is 0 Å². The minimum atomic E-state index is -0.606. The van der Waals surface area contributed by atoms with Gasteiger partial charge in [-0.3, -0.25) is 10.1 Å². The predicted molar refractivity (Wildman–Crippen MR) is 128 cm³/mol. The van der Waals surface area contributed by atoms with Gasteiger partial charge in [0.1, 0.15) is 5.82 Å². The van der Waals surface area contributed by atoms with E-state index in [4.69, 9.17) is 4.74 Å². The van der Waals surface area contributed by atoms with Crippen LogP contribution in [0.3, 0.4) is 0 Å². The van der Waals surface area contributed by atoms with Crippen LogP contribution in [0.5, 0.6) is 0 Å². The number of thiazole rings is 1. The van der Waals surface area contributed by atoms with Gasteiger partial charge >= 0.3 is 5.97 Å². The molecule has 0 unspecified atom stereocenters. The Hall–Kier alpha value is -4.30. The number of imidazole rings is 1. The number of amides is 1. The maximum absolute atomic E-state index is 12.7. The summed E-state index contributed by atoms with van der Waals surface area (Å²) in [6, 6.07) is 24.3. The van der Waals surface area contributed by atoms with Crippen LogP contribution in [-0.2, 0) is 9.53 Å². The van der Waals surface area contributed by atoms with Crippen molar-refractivity contribution in [1.29, 1.82) is 0 Å². The van der Waals surface area contributed by atoms with Crippen molar-refractivity contribution in [2.45, 2.75) is 0 Å². The smallest absolute Gasteiger partial charge is 0.339 e. The predicted octanol–water partition coefficient (Wildman–Crippen LogP) is 5.15. The van der Waals surface area contributed by atoms with Gasteiger partial charge in [0.2, 0.25) is 0 Å². The molecule has 3 aromatic carbocycles. The Morgan fingerprint density at radius 3 is 2.52 bits per heavy atom. The molecule has 33 heavy (non-hydrogen) atoms. The van der Waals surface area contributed by atoms with Gasteiger partial charge in [0.15, 0.2) is 11.7 Å². The number of hydrogen-bond donors (Lipinski definition) is 2. The second-order valence-electron chi connectivity index (χ2n) is 7.18. The Morgan fingerprint density at radius 1 is 0.909 bits per heavy atom. The monoisotopic (exact) mass is 454 g/mol. The van der Waals surface area contributed by atoms with E-state index in [9.17, 15) is 9.59 Å². The highest BCUT2D eigenvalue weighted by molar-refractivity contribution is 7.14. The van der Waals surface area contributed by atoms with Crippen LogP contribution < -0.4 is 5.32 Å². The van der Waals surface area contributed by atoms with E-state index >= 15 is 0 Å². The largest absolute Gasteiger partial charge is 0.452 e. The lowest BCUT2D eigenvalue weighted by molar-refractivity contribution is -0.119. The summed E-state index contributed by atoms with van der Waals surface area (Å²) >= 11 is 1.31. The molecule has 0 saturated heterocycles. The van der Waals surface area contributed by atoms with Crippen LogP contribution in [0.1, 0.15) is 10.4 Å². The number of aromatic nitrogens is 3. The van der Waals surface area contributed by atoms with Crippen molar-refractivity contribution < 1.29 is 14.3 Å². The summed E-state index contributed by atoms with van der Waals surface area (Å²) in [5.74, 6) is -0.506. The molecule has 8 heteroatoms. The molecule has 5 rings (SSSR count). The van der Waals surface area contributed by atoms with Crippen molar-refractivity contribution in [2.24, 2.45) is 0 Å². The molecule has 0 aliphatic rings. The van der Waals surface area contributed by atoms with Crippen molar-refractivity contribution in [3.8, 4) is 22.6 Å². The number of aromatic amines is 1. The highest BCUT2D eigenvalue weighted by atomic mass is 32.1. The van der Waals surface area contributed by atoms with Crippen LogP contribution in [0.4, 0.5) is 5.13 Å². The highest BCUT2D eigenvalue weighted by Crippen LogP contribution is 2.26. The van der Waals surface area contributed by atoms with Gasteiger partial charge in [-0.1, -0.05) is 60.7 Å². The van der Waals surface area contributed by atoms with Gasteiger partial charge in [0.05, 0.1) is 22.3 Å². The molecule has 0 fully saturated rings. The summed E-state index contributed by atoms with van der Waals surface area (Å²) in [5, 5.41) is 4.98. The minimum absolute atomic E-state index is 0.324. The minimum Gasteiger partial charge on any atom is -0.452 e. The first-order valence-corrected chi connectivity index (χ1v) is 11.1. The number of nitrogens with one attached hydrogen (secondary N) is 2. The van der Waals surface area contributed by atoms with Crippen LogP contribution in [0.25, 0.3) is 33.7 Å². The number of carbonyl (C=O) groups excluding carboxylic acids is 2. The summed E-state index contributed by atoms with van der Waals surface area (Å²) in [7, 11) is 0. The molecule has 0 radical (unpaired) electrons. The van der Waals surface area contributed by atoms with E-state index in [0.717, 1.165) is 22.3 Å². The number of H-pyrrole nitrogens is 1. The van der Waals surface area contributed by atoms with Gasteiger partial charge in [0.25, 0.3) is 5.91 Å². The van der Waals surface area contributed by atoms with E-state index in [0.29, 0.717) is 22.1 Å². The maximum atomic E-state index is 12.7. The van der Waals surface area contributed by atoms with Crippen molar-refractivity contribution in [1.82, 2.24) is 15.0 Å². The summed E-state index contributed by atoms with van der Waals surface area (Å²) in [4.78, 5) is 37.3. The first-order valence-electron chi connectivity index (χ1n) is 10.2. The Kier molecular flexibility index (Phi) is 5.65. The van der Waals surface area contributed by atoms with Gasteiger partial charge in [0, 0.05) is 16.5 Å². The van der Waals surface area contributed by atoms with Crippen molar-refractivity contribution in [3.05, 3.63) is 89.8 Å². The molecule has 7 nitrogen and oxygen atoms in total. The fraction of sp³-hybridized carbons (Fsp3) is 0.0400. The Labute approximate surface area is 193 Å². The average molecular weight is 455 g/mol. The Bertz CT molecular complexity index is 1410. The molecule has 2 aromatic heterocycles. The molecule has 0 atom stereocenters. The van der Waals surface area contributed by atoms with Gasteiger partial charge in [-0.2, -0.15) is 0 Å². The molecule has 0 bridgehead atoms. The van der Waals surface area contributed by atoms with E-state index in [1.54, 1.807) is 18.2 Å². The number of carbonyl (C=O) groups is 2. The van der Waals surface area contributed by atoms with Crippen LogP contribution in [0.2, 0.25) is 0 Å². The number of esters is 1. The van der Waals surface area contributed by atoms with Gasteiger partial charge < -0.3 is 9.72 Å². The summed E-state index contributed by atoms with van der Waals surface area (Å²) < 4.78 is 5.27. The second kappa shape index (κ2) is 9.05. The molecule has 1 amide bonds. The molecule has 162 valence electrons. The van der Waals surface area contributed by atoms with Crippen molar-refractivity contribution in [2.75, 3.05) is 11.9 Å². The quantitative estimate of drug-likeness (QED) is 0.346. The van der Waals surface area contributed by atoms with Crippen LogP contribution in [0, 0.1) is 0 Å². The summed E-state index contributed by atoms with van der Waals surface area (Å²) in [6.07, 6.45) is 0. The fourth-order valence-electron chi connectivity index (χ4n) is 3.38. The first-order chi connectivity index (χ1) is 16.2. The lowest BCUT2D eigenvalue weighted by Gasteiger charge is -2.08. The van der Waals surface area contributed by atoms with Gasteiger partial charge in [-0.05, 0) is 18.2 Å². The number of para-hydroxylation sites is 2. The summed E-state index contributed by atoms with van der Waals surface area (Å²) in [5.41, 5.74) is 4.33. The topological polar surface area (TPSA) is 97.0 Å². The number of nitrogens with zero attached hydrogens (tertiary/aromatic N) is 2. The van der Waals surface area contributed by atoms with Crippen LogP contribution >= 0.6 is 11.3 Å². The Morgan fingerprint density at radius 2 is 1.67 bits per heavy atom. The molecule has 5 aromatic rings. The highest BCUT2D eigenvalue weighted by Gasteiger charge is 2.18. The molecule has 0 aliphatic carbocycles. The molecular weight excluding hydrogens is 436 g/mol. The van der Waals surface area contributed by atoms with Crippen LogP contribution in [0.15, 0.2) is 84.2 Å². The van der Waals surface area contributed by atoms with E-state index in [1.807, 2.05) is 66.0 Å². The van der Waals surface area contributed by atoms with E-state index < -0.39 is 18.5 Å². The molecule has 2 N–H and O–H groups in total.